The molecule has 1 N–H and O–H groups in total. The summed E-state index contributed by atoms with van der Waals surface area (Å²) >= 11 is 0. The fourth-order valence-electron chi connectivity index (χ4n) is 4.82. The van der Waals surface area contributed by atoms with Crippen LogP contribution in [0.2, 0.25) is 0 Å². The third-order valence-electron chi connectivity index (χ3n) is 6.70. The number of hydrogen-bond donors (Lipinski definition) is 1. The van der Waals surface area contributed by atoms with E-state index in [0.717, 1.165) is 38.9 Å². The van der Waals surface area contributed by atoms with Crippen molar-refractivity contribution in [3.8, 4) is 11.5 Å². The highest BCUT2D eigenvalue weighted by molar-refractivity contribution is 5.95. The molecule has 0 saturated carbocycles. The summed E-state index contributed by atoms with van der Waals surface area (Å²) in [7, 11) is 0. The smallest absolute Gasteiger partial charge is 0.251 e. The number of fused-ring (bicyclic) bond motifs is 1. The van der Waals surface area contributed by atoms with Crippen LogP contribution in [0.5, 0.6) is 11.5 Å². The third kappa shape index (κ3) is 5.20. The summed E-state index contributed by atoms with van der Waals surface area (Å²) in [4.78, 5) is 15.2. The molecule has 2 aliphatic heterocycles. The normalized spacial score (nSPS) is 16.2. The number of carbonyl (C=O) groups excluding carboxylic acids is 1. The topological polar surface area (TPSA) is 50.8 Å². The molecule has 1 saturated heterocycles. The fraction of sp³-hybridized carbons (Fsp3) is 0.321. The molecular weight excluding hydrogens is 412 g/mol. The van der Waals surface area contributed by atoms with Gasteiger partial charge in [0.15, 0.2) is 11.5 Å². The zero-order valence-electron chi connectivity index (χ0n) is 18.8. The van der Waals surface area contributed by atoms with Crippen molar-refractivity contribution in [2.24, 2.45) is 0 Å². The number of benzene rings is 3. The Morgan fingerprint density at radius 2 is 1.52 bits per heavy atom. The van der Waals surface area contributed by atoms with Crippen molar-refractivity contribution in [1.82, 2.24) is 10.2 Å². The Morgan fingerprint density at radius 3 is 2.18 bits per heavy atom. The van der Waals surface area contributed by atoms with E-state index in [2.05, 4.69) is 70.9 Å². The zero-order valence-corrected chi connectivity index (χ0v) is 18.8. The minimum Gasteiger partial charge on any atom is -0.454 e. The van der Waals surface area contributed by atoms with Crippen LogP contribution in [0.15, 0.2) is 78.9 Å². The molecule has 3 aromatic rings. The highest BCUT2D eigenvalue weighted by Crippen LogP contribution is 2.32. The molecule has 3 aromatic carbocycles. The average Bonchev–Trinajstić information content (AvgIpc) is 3.34. The monoisotopic (exact) mass is 442 g/mol. The van der Waals surface area contributed by atoms with Crippen LogP contribution in [0.3, 0.4) is 0 Å². The number of carbonyl (C=O) groups is 1. The van der Waals surface area contributed by atoms with Crippen LogP contribution in [0, 0.1) is 0 Å². The molecule has 1 fully saturated rings. The number of nitrogens with zero attached hydrogens (tertiary/aromatic N) is 1. The molecule has 0 atom stereocenters. The van der Waals surface area contributed by atoms with E-state index in [1.54, 1.807) is 18.2 Å². The van der Waals surface area contributed by atoms with Gasteiger partial charge in [-0.05, 0) is 55.1 Å². The molecule has 0 aliphatic carbocycles. The van der Waals surface area contributed by atoms with Gasteiger partial charge in [-0.3, -0.25) is 4.79 Å². The first kappa shape index (κ1) is 21.5. The highest BCUT2D eigenvalue weighted by Gasteiger charge is 2.23. The summed E-state index contributed by atoms with van der Waals surface area (Å²) in [5.41, 5.74) is 3.36. The molecule has 2 aliphatic rings. The molecule has 33 heavy (non-hydrogen) atoms. The molecule has 0 aromatic heterocycles. The molecule has 0 unspecified atom stereocenters. The lowest BCUT2D eigenvalue weighted by Crippen LogP contribution is -2.45. The van der Waals surface area contributed by atoms with Crippen LogP contribution in [0.4, 0.5) is 0 Å². The van der Waals surface area contributed by atoms with E-state index in [4.69, 9.17) is 9.47 Å². The summed E-state index contributed by atoms with van der Waals surface area (Å²) in [5.74, 6) is 1.70. The fourth-order valence-corrected chi connectivity index (χ4v) is 4.82. The van der Waals surface area contributed by atoms with Gasteiger partial charge in [-0.2, -0.15) is 0 Å². The van der Waals surface area contributed by atoms with Gasteiger partial charge in [0, 0.05) is 30.6 Å². The number of hydrogen-bond acceptors (Lipinski definition) is 4. The SMILES string of the molecule is O=C(NC1CCN(CCC(c2ccccc2)c2ccccc2)CC1)c1ccc2c(c1)OCO2. The van der Waals surface area contributed by atoms with Crippen LogP contribution in [0.25, 0.3) is 0 Å². The number of amides is 1. The van der Waals surface area contributed by atoms with E-state index in [-0.39, 0.29) is 18.7 Å². The molecule has 5 rings (SSSR count). The lowest BCUT2D eigenvalue weighted by molar-refractivity contribution is 0.0910. The van der Waals surface area contributed by atoms with E-state index in [0.29, 0.717) is 23.0 Å². The second-order valence-corrected chi connectivity index (χ2v) is 8.82. The highest BCUT2D eigenvalue weighted by atomic mass is 16.7. The molecule has 1 amide bonds. The Labute approximate surface area is 195 Å². The summed E-state index contributed by atoms with van der Waals surface area (Å²) in [6.45, 7) is 3.27. The molecule has 170 valence electrons. The van der Waals surface area contributed by atoms with Crippen LogP contribution in [-0.2, 0) is 0 Å². The predicted molar refractivity (Wildman–Crippen MR) is 129 cm³/mol. The van der Waals surface area contributed by atoms with Crippen LogP contribution in [0.1, 0.15) is 46.7 Å². The number of rotatable bonds is 7. The first-order valence-electron chi connectivity index (χ1n) is 11.8. The molecule has 5 heteroatoms. The number of piperidine rings is 1. The van der Waals surface area contributed by atoms with Gasteiger partial charge in [-0.15, -0.1) is 0 Å². The maximum Gasteiger partial charge on any atom is 0.251 e. The molecule has 0 bridgehead atoms. The standard InChI is InChI=1S/C28H30N2O3/c31-28(23-11-12-26-27(19-23)33-20-32-26)29-24-13-16-30(17-14-24)18-15-25(21-7-3-1-4-8-21)22-9-5-2-6-10-22/h1-12,19,24-25H,13-18,20H2,(H,29,31). The average molecular weight is 443 g/mol. The van der Waals surface area contributed by atoms with E-state index < -0.39 is 0 Å². The third-order valence-corrected chi connectivity index (χ3v) is 6.70. The predicted octanol–water partition coefficient (Wildman–Crippen LogP) is 4.83. The van der Waals surface area contributed by atoms with Crippen molar-refractivity contribution >= 4 is 5.91 Å². The second-order valence-electron chi connectivity index (χ2n) is 8.82. The second kappa shape index (κ2) is 10.1. The van der Waals surface area contributed by atoms with Gasteiger partial charge < -0.3 is 19.7 Å². The van der Waals surface area contributed by atoms with Crippen molar-refractivity contribution in [2.45, 2.75) is 31.2 Å². The minimum atomic E-state index is -0.0417. The number of nitrogens with one attached hydrogen (secondary N) is 1. The Kier molecular flexibility index (Phi) is 6.58. The van der Waals surface area contributed by atoms with Gasteiger partial charge in [0.2, 0.25) is 6.79 Å². The maximum absolute atomic E-state index is 12.7. The maximum atomic E-state index is 12.7. The summed E-state index contributed by atoms with van der Waals surface area (Å²) in [6.07, 6.45) is 3.03. The van der Waals surface area contributed by atoms with Gasteiger partial charge in [-0.25, -0.2) is 0 Å². The van der Waals surface area contributed by atoms with Crippen LogP contribution in [-0.4, -0.2) is 43.3 Å². The van der Waals surface area contributed by atoms with Crippen molar-refractivity contribution in [1.29, 1.82) is 0 Å². The molecular formula is C28H30N2O3. The zero-order chi connectivity index (χ0) is 22.5. The lowest BCUT2D eigenvalue weighted by Gasteiger charge is -2.33. The Morgan fingerprint density at radius 1 is 0.879 bits per heavy atom. The Hall–Kier alpha value is -3.31. The minimum absolute atomic E-state index is 0.0417. The summed E-state index contributed by atoms with van der Waals surface area (Å²) < 4.78 is 10.7. The number of ether oxygens (including phenoxy) is 2. The molecule has 5 nitrogen and oxygen atoms in total. The largest absolute Gasteiger partial charge is 0.454 e. The number of likely N-dealkylation sites (tertiary alicyclic amines) is 1. The quantitative estimate of drug-likeness (QED) is 0.569. The van der Waals surface area contributed by atoms with Gasteiger partial charge in [0.05, 0.1) is 0 Å². The lowest BCUT2D eigenvalue weighted by atomic mass is 9.88. The molecule has 0 spiro atoms. The first-order chi connectivity index (χ1) is 16.3. The van der Waals surface area contributed by atoms with Gasteiger partial charge >= 0.3 is 0 Å². The van der Waals surface area contributed by atoms with E-state index in [1.165, 1.54) is 11.1 Å². The van der Waals surface area contributed by atoms with Crippen LogP contribution >= 0.6 is 0 Å². The van der Waals surface area contributed by atoms with Crippen molar-refractivity contribution in [3.63, 3.8) is 0 Å². The Bertz CT molecular complexity index is 1020. The van der Waals surface area contributed by atoms with E-state index in [1.807, 2.05) is 0 Å². The van der Waals surface area contributed by atoms with Crippen molar-refractivity contribution in [3.05, 3.63) is 95.6 Å². The van der Waals surface area contributed by atoms with Crippen molar-refractivity contribution in [2.75, 3.05) is 26.4 Å². The van der Waals surface area contributed by atoms with Crippen LogP contribution < -0.4 is 14.8 Å². The Balaban J connectivity index is 1.14. The summed E-state index contributed by atoms with van der Waals surface area (Å²) in [6, 6.07) is 27.1. The van der Waals surface area contributed by atoms with Gasteiger partial charge in [0.1, 0.15) is 0 Å². The first-order valence-corrected chi connectivity index (χ1v) is 11.8. The van der Waals surface area contributed by atoms with Crippen molar-refractivity contribution < 1.29 is 14.3 Å². The molecule has 2 heterocycles. The van der Waals surface area contributed by atoms with E-state index >= 15 is 0 Å². The van der Waals surface area contributed by atoms with E-state index in [9.17, 15) is 4.79 Å². The molecule has 0 radical (unpaired) electrons. The summed E-state index contributed by atoms with van der Waals surface area (Å²) in [5, 5.41) is 3.20. The van der Waals surface area contributed by atoms with Gasteiger partial charge in [0.25, 0.3) is 5.91 Å². The van der Waals surface area contributed by atoms with Gasteiger partial charge in [-0.1, -0.05) is 60.7 Å².